The zero-order chi connectivity index (χ0) is 24.1. The molecule has 182 valence electrons. The standard InChI is InChI=1S/C25H23BrClN5O2.CH4/c26-18-8-10-21(20(14-18)25(34)31-22-11-9-19(27)15-29-22)30-24(33)17-6-4-16(5-7-17)23(28)32-12-2-1-3-13-32;/h4-11,14-15,28H,1-3,12-13H2,(H,30,33)(H,29,31,34);1H4. The van der Waals surface area contributed by atoms with Crippen molar-refractivity contribution in [3.63, 3.8) is 0 Å². The molecule has 0 bridgehead atoms. The summed E-state index contributed by atoms with van der Waals surface area (Å²) in [6.45, 7) is 1.78. The van der Waals surface area contributed by atoms with Crippen molar-refractivity contribution in [3.8, 4) is 0 Å². The van der Waals surface area contributed by atoms with Crippen LogP contribution in [0.15, 0.2) is 65.3 Å². The Balaban J connectivity index is 0.00000342. The predicted molar refractivity (Wildman–Crippen MR) is 145 cm³/mol. The highest BCUT2D eigenvalue weighted by atomic mass is 79.9. The topological polar surface area (TPSA) is 98.2 Å². The van der Waals surface area contributed by atoms with Crippen molar-refractivity contribution < 1.29 is 9.59 Å². The maximum atomic E-state index is 12.9. The van der Waals surface area contributed by atoms with Gasteiger partial charge in [-0.1, -0.05) is 47.1 Å². The van der Waals surface area contributed by atoms with Crippen molar-refractivity contribution in [2.24, 2.45) is 0 Å². The van der Waals surface area contributed by atoms with E-state index in [9.17, 15) is 9.59 Å². The highest BCUT2D eigenvalue weighted by Crippen LogP contribution is 2.23. The molecule has 1 aromatic heterocycles. The lowest BCUT2D eigenvalue weighted by molar-refractivity contribution is 0.102. The van der Waals surface area contributed by atoms with Gasteiger partial charge in [-0.3, -0.25) is 15.0 Å². The summed E-state index contributed by atoms with van der Waals surface area (Å²) in [6.07, 6.45) is 4.84. The van der Waals surface area contributed by atoms with Crippen LogP contribution in [-0.4, -0.2) is 40.6 Å². The first kappa shape index (κ1) is 26.4. The van der Waals surface area contributed by atoms with Gasteiger partial charge in [0.05, 0.1) is 16.3 Å². The molecule has 2 aromatic carbocycles. The largest absolute Gasteiger partial charge is 0.357 e. The number of benzene rings is 2. The molecule has 1 aliphatic heterocycles. The number of hydrogen-bond donors (Lipinski definition) is 3. The molecule has 1 aliphatic rings. The number of piperidine rings is 1. The van der Waals surface area contributed by atoms with Gasteiger partial charge < -0.3 is 15.5 Å². The fourth-order valence-corrected chi connectivity index (χ4v) is 4.19. The normalized spacial score (nSPS) is 12.9. The third kappa shape index (κ3) is 6.68. The number of carbonyl (C=O) groups excluding carboxylic acids is 2. The lowest BCUT2D eigenvalue weighted by Crippen LogP contribution is -2.35. The summed E-state index contributed by atoms with van der Waals surface area (Å²) in [4.78, 5) is 31.9. The number of anilines is 2. The quantitative estimate of drug-likeness (QED) is 0.248. The van der Waals surface area contributed by atoms with Crippen LogP contribution in [-0.2, 0) is 0 Å². The van der Waals surface area contributed by atoms with E-state index >= 15 is 0 Å². The minimum Gasteiger partial charge on any atom is -0.357 e. The lowest BCUT2D eigenvalue weighted by atomic mass is 10.1. The number of pyridine rings is 1. The Morgan fingerprint density at radius 3 is 2.26 bits per heavy atom. The first-order valence-corrected chi connectivity index (χ1v) is 12.1. The highest BCUT2D eigenvalue weighted by molar-refractivity contribution is 9.10. The Morgan fingerprint density at radius 2 is 1.60 bits per heavy atom. The minimum atomic E-state index is -0.420. The number of aromatic nitrogens is 1. The second kappa shape index (κ2) is 12.0. The van der Waals surface area contributed by atoms with Crippen molar-refractivity contribution in [1.82, 2.24) is 9.88 Å². The molecule has 0 atom stereocenters. The fourth-order valence-electron chi connectivity index (χ4n) is 3.72. The number of nitrogens with one attached hydrogen (secondary N) is 3. The van der Waals surface area contributed by atoms with E-state index in [0.717, 1.165) is 31.5 Å². The van der Waals surface area contributed by atoms with Gasteiger partial charge in [-0.15, -0.1) is 0 Å². The van der Waals surface area contributed by atoms with Crippen LogP contribution in [0.25, 0.3) is 0 Å². The number of carbonyl (C=O) groups is 2. The van der Waals surface area contributed by atoms with Gasteiger partial charge in [-0.25, -0.2) is 4.98 Å². The number of amides is 2. The fraction of sp³-hybridized carbons (Fsp3) is 0.231. The Morgan fingerprint density at radius 1 is 0.914 bits per heavy atom. The van der Waals surface area contributed by atoms with E-state index in [-0.39, 0.29) is 18.9 Å². The third-order valence-corrected chi connectivity index (χ3v) is 6.25. The monoisotopic (exact) mass is 555 g/mol. The molecule has 2 amide bonds. The molecule has 9 heteroatoms. The maximum Gasteiger partial charge on any atom is 0.258 e. The van der Waals surface area contributed by atoms with Gasteiger partial charge >= 0.3 is 0 Å². The zero-order valence-electron chi connectivity index (χ0n) is 18.3. The van der Waals surface area contributed by atoms with E-state index in [1.165, 1.54) is 12.6 Å². The van der Waals surface area contributed by atoms with E-state index < -0.39 is 5.91 Å². The van der Waals surface area contributed by atoms with E-state index in [1.54, 1.807) is 54.6 Å². The highest BCUT2D eigenvalue weighted by Gasteiger charge is 2.18. The van der Waals surface area contributed by atoms with Crippen molar-refractivity contribution in [2.45, 2.75) is 26.7 Å². The number of nitrogens with zero attached hydrogens (tertiary/aromatic N) is 2. The van der Waals surface area contributed by atoms with Crippen LogP contribution in [0, 0.1) is 5.41 Å². The summed E-state index contributed by atoms with van der Waals surface area (Å²) < 4.78 is 0.695. The molecule has 0 spiro atoms. The van der Waals surface area contributed by atoms with Gasteiger partial charge in [0.15, 0.2) is 0 Å². The molecular weight excluding hydrogens is 530 g/mol. The van der Waals surface area contributed by atoms with E-state index in [0.29, 0.717) is 32.4 Å². The molecule has 0 saturated carbocycles. The third-order valence-electron chi connectivity index (χ3n) is 5.54. The number of halogens is 2. The van der Waals surface area contributed by atoms with Crippen LogP contribution >= 0.6 is 27.5 Å². The molecule has 4 rings (SSSR count). The van der Waals surface area contributed by atoms with Crippen LogP contribution in [0.4, 0.5) is 11.5 Å². The van der Waals surface area contributed by atoms with Crippen LogP contribution in [0.1, 0.15) is 53.0 Å². The Labute approximate surface area is 218 Å². The lowest BCUT2D eigenvalue weighted by Gasteiger charge is -2.29. The zero-order valence-corrected chi connectivity index (χ0v) is 20.6. The van der Waals surface area contributed by atoms with Crippen LogP contribution in [0.3, 0.4) is 0 Å². The molecule has 0 radical (unpaired) electrons. The number of likely N-dealkylation sites (tertiary alicyclic amines) is 1. The predicted octanol–water partition coefficient (Wildman–Crippen LogP) is 6.45. The van der Waals surface area contributed by atoms with E-state index in [4.69, 9.17) is 17.0 Å². The van der Waals surface area contributed by atoms with Crippen molar-refractivity contribution in [1.29, 1.82) is 5.41 Å². The Hall–Kier alpha value is -3.23. The second-order valence-electron chi connectivity index (χ2n) is 7.93. The van der Waals surface area contributed by atoms with Crippen LogP contribution in [0.5, 0.6) is 0 Å². The van der Waals surface area contributed by atoms with Crippen LogP contribution < -0.4 is 10.6 Å². The molecule has 35 heavy (non-hydrogen) atoms. The summed E-state index contributed by atoms with van der Waals surface area (Å²) in [5.74, 6) is 0.0570. The van der Waals surface area contributed by atoms with E-state index in [1.807, 2.05) is 0 Å². The molecule has 1 fully saturated rings. The summed E-state index contributed by atoms with van der Waals surface area (Å²) in [7, 11) is 0. The smallest absolute Gasteiger partial charge is 0.258 e. The molecule has 7 nitrogen and oxygen atoms in total. The molecule has 2 heterocycles. The molecular formula is C26H27BrClN5O2. The van der Waals surface area contributed by atoms with Gasteiger partial charge in [-0.05, 0) is 61.7 Å². The Kier molecular flexibility index (Phi) is 9.01. The van der Waals surface area contributed by atoms with Crippen molar-refractivity contribution >= 4 is 56.7 Å². The summed E-state index contributed by atoms with van der Waals surface area (Å²) in [6, 6.07) is 15.2. The average Bonchev–Trinajstić information content (AvgIpc) is 2.86. The van der Waals surface area contributed by atoms with Gasteiger partial charge in [0, 0.05) is 34.9 Å². The van der Waals surface area contributed by atoms with Gasteiger partial charge in [0.2, 0.25) is 0 Å². The number of amidine groups is 1. The summed E-state index contributed by atoms with van der Waals surface area (Å²) in [5.41, 5.74) is 1.86. The first-order chi connectivity index (χ1) is 16.4. The maximum absolute atomic E-state index is 12.9. The van der Waals surface area contributed by atoms with Crippen molar-refractivity contribution in [3.05, 3.63) is 87.0 Å². The number of rotatable bonds is 5. The minimum absolute atomic E-state index is 0. The molecule has 3 aromatic rings. The molecule has 3 N–H and O–H groups in total. The molecule has 0 aliphatic carbocycles. The van der Waals surface area contributed by atoms with Crippen LogP contribution in [0.2, 0.25) is 5.02 Å². The number of hydrogen-bond acceptors (Lipinski definition) is 4. The second-order valence-corrected chi connectivity index (χ2v) is 9.29. The average molecular weight is 557 g/mol. The molecule has 1 saturated heterocycles. The summed E-state index contributed by atoms with van der Waals surface area (Å²) in [5, 5.41) is 14.4. The van der Waals surface area contributed by atoms with Crippen molar-refractivity contribution in [2.75, 3.05) is 23.7 Å². The SMILES string of the molecule is C.N=C(c1ccc(C(=O)Nc2ccc(Br)cc2C(=O)Nc2ccc(Cl)cn2)cc1)N1CCCCC1. The van der Waals surface area contributed by atoms with Gasteiger partial charge in [0.25, 0.3) is 11.8 Å². The first-order valence-electron chi connectivity index (χ1n) is 10.9. The van der Waals surface area contributed by atoms with E-state index in [2.05, 4.69) is 36.4 Å². The summed E-state index contributed by atoms with van der Waals surface area (Å²) >= 11 is 9.23. The Bertz CT molecular complexity index is 1210. The van der Waals surface area contributed by atoms with Gasteiger partial charge in [-0.2, -0.15) is 0 Å². The molecule has 0 unspecified atom stereocenters. The van der Waals surface area contributed by atoms with Gasteiger partial charge in [0.1, 0.15) is 11.7 Å².